The maximum Gasteiger partial charge on any atom is 0.237 e. The Balaban J connectivity index is 2.21. The summed E-state index contributed by atoms with van der Waals surface area (Å²) in [5.74, 6) is 0.809. The minimum absolute atomic E-state index is 0.118. The molecule has 0 aliphatic heterocycles. The lowest BCUT2D eigenvalue weighted by Crippen LogP contribution is -2.27. The largest absolute Gasteiger partial charge is 0.367 e. The summed E-state index contributed by atoms with van der Waals surface area (Å²) < 4.78 is 11.2. The summed E-state index contributed by atoms with van der Waals surface area (Å²) in [7, 11) is 0. The molecular weight excluding hydrogens is 244 g/mol. The van der Waals surface area contributed by atoms with Gasteiger partial charge in [-0.2, -0.15) is 4.98 Å². The number of hydrogen-bond acceptors (Lipinski definition) is 5. The first-order valence-electron chi connectivity index (χ1n) is 7.13. The second-order valence-electron chi connectivity index (χ2n) is 5.13. The number of hydrogen-bond donors (Lipinski definition) is 0. The van der Waals surface area contributed by atoms with Crippen LogP contribution in [0.2, 0.25) is 0 Å². The molecule has 0 bridgehead atoms. The zero-order chi connectivity index (χ0) is 13.9. The van der Waals surface area contributed by atoms with E-state index >= 15 is 0 Å². The van der Waals surface area contributed by atoms with Gasteiger partial charge in [0.15, 0.2) is 0 Å². The standard InChI is InChI=1S/C14H22N2O3/c1-4-11(17)10(3)12-15-13(16-19-12)14(18-5-2)8-6-7-9-14/h10H,4-9H2,1-3H3. The number of Topliss-reactive ketones (excluding diaryl/α,β-unsaturated/α-hetero) is 1. The topological polar surface area (TPSA) is 65.2 Å². The van der Waals surface area contributed by atoms with E-state index in [2.05, 4.69) is 10.1 Å². The van der Waals surface area contributed by atoms with Gasteiger partial charge in [-0.15, -0.1) is 0 Å². The monoisotopic (exact) mass is 266 g/mol. The molecule has 5 heteroatoms. The van der Waals surface area contributed by atoms with Crippen LogP contribution in [0.3, 0.4) is 0 Å². The SMILES string of the molecule is CCOC1(c2noc(C(C)C(=O)CC)n2)CCCC1. The van der Waals surface area contributed by atoms with Crippen LogP contribution in [0.1, 0.15) is 70.5 Å². The van der Waals surface area contributed by atoms with Gasteiger partial charge in [0, 0.05) is 13.0 Å². The first-order chi connectivity index (χ1) is 9.13. The lowest BCUT2D eigenvalue weighted by atomic mass is 10.0. The van der Waals surface area contributed by atoms with Crippen molar-refractivity contribution >= 4 is 5.78 Å². The first-order valence-corrected chi connectivity index (χ1v) is 7.13. The molecule has 1 unspecified atom stereocenters. The molecule has 0 aromatic carbocycles. The van der Waals surface area contributed by atoms with Crippen molar-refractivity contribution in [3.8, 4) is 0 Å². The second-order valence-corrected chi connectivity index (χ2v) is 5.13. The molecule has 1 aromatic rings. The predicted molar refractivity (Wildman–Crippen MR) is 69.8 cm³/mol. The van der Waals surface area contributed by atoms with Crippen molar-refractivity contribution in [1.82, 2.24) is 10.1 Å². The fraction of sp³-hybridized carbons (Fsp3) is 0.786. The Kier molecular flexibility index (Phi) is 4.34. The third-order valence-electron chi connectivity index (χ3n) is 3.88. The van der Waals surface area contributed by atoms with Gasteiger partial charge in [0.2, 0.25) is 11.7 Å². The van der Waals surface area contributed by atoms with Crippen molar-refractivity contribution in [3.63, 3.8) is 0 Å². The van der Waals surface area contributed by atoms with Crippen LogP contribution in [-0.4, -0.2) is 22.5 Å². The van der Waals surface area contributed by atoms with Crippen LogP contribution in [0.25, 0.3) is 0 Å². The Morgan fingerprint density at radius 1 is 1.42 bits per heavy atom. The highest BCUT2D eigenvalue weighted by atomic mass is 16.5. The van der Waals surface area contributed by atoms with Gasteiger partial charge >= 0.3 is 0 Å². The number of nitrogens with zero attached hydrogens (tertiary/aromatic N) is 2. The van der Waals surface area contributed by atoms with Gasteiger partial charge in [-0.3, -0.25) is 4.79 Å². The van der Waals surface area contributed by atoms with E-state index < -0.39 is 5.60 Å². The van der Waals surface area contributed by atoms with Crippen molar-refractivity contribution < 1.29 is 14.1 Å². The Morgan fingerprint density at radius 3 is 2.68 bits per heavy atom. The minimum atomic E-state index is -0.397. The molecule has 1 aliphatic carbocycles. The van der Waals surface area contributed by atoms with E-state index in [9.17, 15) is 4.79 Å². The fourth-order valence-electron chi connectivity index (χ4n) is 2.69. The highest BCUT2D eigenvalue weighted by molar-refractivity contribution is 5.83. The zero-order valence-corrected chi connectivity index (χ0v) is 11.9. The fourth-order valence-corrected chi connectivity index (χ4v) is 2.69. The van der Waals surface area contributed by atoms with Crippen LogP contribution in [0, 0.1) is 0 Å². The summed E-state index contributed by atoms with van der Waals surface area (Å²) in [6.07, 6.45) is 4.57. The molecular formula is C14H22N2O3. The molecule has 0 amide bonds. The Bertz CT molecular complexity index is 436. The van der Waals surface area contributed by atoms with Crippen LogP contribution in [0.5, 0.6) is 0 Å². The summed E-state index contributed by atoms with van der Waals surface area (Å²) in [5, 5.41) is 4.06. The molecule has 1 aromatic heterocycles. The van der Waals surface area contributed by atoms with Gasteiger partial charge in [0.05, 0.1) is 5.92 Å². The molecule has 1 aliphatic rings. The van der Waals surface area contributed by atoms with Crippen LogP contribution in [-0.2, 0) is 15.1 Å². The summed E-state index contributed by atoms with van der Waals surface area (Å²) in [6.45, 7) is 6.26. The number of carbonyl (C=O) groups is 1. The first kappa shape index (κ1) is 14.2. The summed E-state index contributed by atoms with van der Waals surface area (Å²) in [5.41, 5.74) is -0.397. The van der Waals surface area contributed by atoms with Crippen LogP contribution < -0.4 is 0 Å². The molecule has 0 N–H and O–H groups in total. The number of ketones is 1. The van der Waals surface area contributed by atoms with Gasteiger partial charge in [-0.25, -0.2) is 0 Å². The summed E-state index contributed by atoms with van der Waals surface area (Å²) >= 11 is 0. The maximum absolute atomic E-state index is 11.7. The van der Waals surface area contributed by atoms with E-state index in [1.165, 1.54) is 0 Å². The van der Waals surface area contributed by atoms with E-state index in [1.54, 1.807) is 0 Å². The number of aromatic nitrogens is 2. The van der Waals surface area contributed by atoms with E-state index in [0.717, 1.165) is 25.7 Å². The molecule has 1 heterocycles. The van der Waals surface area contributed by atoms with Gasteiger partial charge < -0.3 is 9.26 Å². The van der Waals surface area contributed by atoms with Crippen molar-refractivity contribution in [2.24, 2.45) is 0 Å². The molecule has 0 radical (unpaired) electrons. The van der Waals surface area contributed by atoms with Crippen molar-refractivity contribution in [1.29, 1.82) is 0 Å². The van der Waals surface area contributed by atoms with Gasteiger partial charge in [-0.05, 0) is 39.5 Å². The smallest absolute Gasteiger partial charge is 0.237 e. The van der Waals surface area contributed by atoms with Crippen LogP contribution in [0.4, 0.5) is 0 Å². The number of ether oxygens (including phenoxy) is 1. The van der Waals surface area contributed by atoms with Gasteiger partial charge in [0.1, 0.15) is 11.4 Å². The highest BCUT2D eigenvalue weighted by Crippen LogP contribution is 2.41. The highest BCUT2D eigenvalue weighted by Gasteiger charge is 2.41. The Hall–Kier alpha value is -1.23. The van der Waals surface area contributed by atoms with E-state index in [1.807, 2.05) is 20.8 Å². The Labute approximate surface area is 113 Å². The molecule has 0 spiro atoms. The molecule has 1 fully saturated rings. The molecule has 19 heavy (non-hydrogen) atoms. The summed E-state index contributed by atoms with van der Waals surface area (Å²) in [6, 6.07) is 0. The third-order valence-corrected chi connectivity index (χ3v) is 3.88. The number of carbonyl (C=O) groups excluding carboxylic acids is 1. The maximum atomic E-state index is 11.7. The van der Waals surface area contributed by atoms with Crippen LogP contribution in [0.15, 0.2) is 4.52 Å². The van der Waals surface area contributed by atoms with Gasteiger partial charge in [-0.1, -0.05) is 12.1 Å². The van der Waals surface area contributed by atoms with Crippen molar-refractivity contribution in [3.05, 3.63) is 11.7 Å². The molecule has 0 saturated heterocycles. The average Bonchev–Trinajstić information content (AvgIpc) is 3.06. The minimum Gasteiger partial charge on any atom is -0.367 e. The third kappa shape index (κ3) is 2.71. The van der Waals surface area contributed by atoms with Crippen molar-refractivity contribution in [2.45, 2.75) is 64.4 Å². The molecule has 2 rings (SSSR count). The second kappa shape index (κ2) is 5.82. The zero-order valence-electron chi connectivity index (χ0n) is 11.9. The molecule has 1 atom stereocenters. The van der Waals surface area contributed by atoms with Crippen LogP contribution >= 0.6 is 0 Å². The predicted octanol–water partition coefficient (Wildman–Crippen LogP) is 2.96. The van der Waals surface area contributed by atoms with Gasteiger partial charge in [0.25, 0.3) is 0 Å². The summed E-state index contributed by atoms with van der Waals surface area (Å²) in [4.78, 5) is 16.1. The Morgan fingerprint density at radius 2 is 2.11 bits per heavy atom. The van der Waals surface area contributed by atoms with Crippen molar-refractivity contribution in [2.75, 3.05) is 6.61 Å². The molecule has 106 valence electrons. The van der Waals surface area contributed by atoms with E-state index in [0.29, 0.717) is 24.7 Å². The lowest BCUT2D eigenvalue weighted by Gasteiger charge is -2.24. The van der Waals surface area contributed by atoms with E-state index in [-0.39, 0.29) is 11.7 Å². The normalized spacial score (nSPS) is 19.5. The number of rotatable bonds is 6. The quantitative estimate of drug-likeness (QED) is 0.792. The van der Waals surface area contributed by atoms with E-state index in [4.69, 9.17) is 9.26 Å². The molecule has 1 saturated carbocycles. The lowest BCUT2D eigenvalue weighted by molar-refractivity contribution is -0.120. The average molecular weight is 266 g/mol. The molecule has 5 nitrogen and oxygen atoms in total.